The van der Waals surface area contributed by atoms with Crippen LogP contribution in [-0.4, -0.2) is 63.5 Å². The van der Waals surface area contributed by atoms with Gasteiger partial charge in [0.25, 0.3) is 0 Å². The SMILES string of the molecule is CC/C=C\C/C=C\C/C=C\C/C=C\C[C@@H](O)[C@H](O)CCCC(=O)O[C@H](COC(=O)CCCCCCCCCCCCCCCCC(C)CC)COP(=O)(O)O. The lowest BCUT2D eigenvalue weighted by Gasteiger charge is -2.19. The second-order valence-electron chi connectivity index (χ2n) is 14.8. The van der Waals surface area contributed by atoms with E-state index in [1.807, 2.05) is 18.2 Å². The number of esters is 2. The van der Waals surface area contributed by atoms with Crippen LogP contribution in [0.15, 0.2) is 48.6 Å². The lowest BCUT2D eigenvalue weighted by molar-refractivity contribution is -0.161. The molecule has 0 aromatic carbocycles. The molecule has 0 saturated carbocycles. The van der Waals surface area contributed by atoms with Crippen molar-refractivity contribution in [1.82, 2.24) is 0 Å². The zero-order valence-corrected chi connectivity index (χ0v) is 35.6. The molecule has 0 bridgehead atoms. The third-order valence-corrected chi connectivity index (χ3v) is 10.1. The molecule has 0 aromatic rings. The Kier molecular flexibility index (Phi) is 36.1. The zero-order valence-electron chi connectivity index (χ0n) is 34.7. The Labute approximate surface area is 334 Å². The van der Waals surface area contributed by atoms with Crippen LogP contribution >= 0.6 is 7.82 Å². The molecule has 4 N–H and O–H groups in total. The molecule has 4 atom stereocenters. The quantitative estimate of drug-likeness (QED) is 0.0205. The maximum absolute atomic E-state index is 12.4. The minimum Gasteiger partial charge on any atom is -0.462 e. The first kappa shape index (κ1) is 52.9. The summed E-state index contributed by atoms with van der Waals surface area (Å²) >= 11 is 0. The lowest BCUT2D eigenvalue weighted by atomic mass is 9.99. The van der Waals surface area contributed by atoms with E-state index >= 15 is 0 Å². The Bertz CT molecular complexity index is 1080. The van der Waals surface area contributed by atoms with Crippen molar-refractivity contribution in [1.29, 1.82) is 0 Å². The van der Waals surface area contributed by atoms with Crippen LogP contribution < -0.4 is 0 Å². The van der Waals surface area contributed by atoms with Gasteiger partial charge in [-0.3, -0.25) is 14.1 Å². The van der Waals surface area contributed by atoms with Gasteiger partial charge in [0.15, 0.2) is 6.10 Å². The highest BCUT2D eigenvalue weighted by atomic mass is 31.2. The van der Waals surface area contributed by atoms with Crippen LogP contribution in [0.1, 0.15) is 181 Å². The second-order valence-corrected chi connectivity index (χ2v) is 16.1. The van der Waals surface area contributed by atoms with Gasteiger partial charge in [-0.1, -0.05) is 166 Å². The van der Waals surface area contributed by atoms with Gasteiger partial charge in [-0.2, -0.15) is 0 Å². The van der Waals surface area contributed by atoms with Gasteiger partial charge in [0.2, 0.25) is 0 Å². The number of carbonyl (C=O) groups is 2. The number of hydrogen-bond acceptors (Lipinski definition) is 8. The van der Waals surface area contributed by atoms with Crippen LogP contribution in [0.2, 0.25) is 0 Å². The van der Waals surface area contributed by atoms with Crippen molar-refractivity contribution in [3.05, 3.63) is 48.6 Å². The average Bonchev–Trinajstić information content (AvgIpc) is 3.15. The summed E-state index contributed by atoms with van der Waals surface area (Å²) in [4.78, 5) is 42.9. The van der Waals surface area contributed by atoms with Crippen molar-refractivity contribution in [2.24, 2.45) is 5.92 Å². The molecule has 0 radical (unpaired) electrons. The Balaban J connectivity index is 4.14. The van der Waals surface area contributed by atoms with Crippen molar-refractivity contribution in [2.45, 2.75) is 200 Å². The molecule has 1 unspecified atom stereocenters. The Morgan fingerprint density at radius 2 is 1.05 bits per heavy atom. The molecule has 0 fully saturated rings. The van der Waals surface area contributed by atoms with Gasteiger partial charge >= 0.3 is 19.8 Å². The van der Waals surface area contributed by atoms with Crippen LogP contribution in [0, 0.1) is 5.92 Å². The summed E-state index contributed by atoms with van der Waals surface area (Å²) < 4.78 is 26.2. The third kappa shape index (κ3) is 38.6. The van der Waals surface area contributed by atoms with Gasteiger partial charge in [0.1, 0.15) is 6.61 Å². The van der Waals surface area contributed by atoms with Gasteiger partial charge < -0.3 is 29.5 Å². The Hall–Kier alpha value is -2.07. The van der Waals surface area contributed by atoms with Crippen molar-refractivity contribution in [3.63, 3.8) is 0 Å². The monoisotopic (exact) mass is 799 g/mol. The maximum Gasteiger partial charge on any atom is 0.469 e. The molecule has 10 nitrogen and oxygen atoms in total. The number of phosphoric ester groups is 1. The molecule has 0 aliphatic rings. The van der Waals surface area contributed by atoms with E-state index in [2.05, 4.69) is 55.7 Å². The Morgan fingerprint density at radius 1 is 0.582 bits per heavy atom. The molecule has 0 aromatic heterocycles. The first-order valence-corrected chi connectivity index (χ1v) is 23.0. The summed E-state index contributed by atoms with van der Waals surface area (Å²) in [5.41, 5.74) is 0. The first-order chi connectivity index (χ1) is 26.5. The molecule has 320 valence electrons. The molecule has 0 spiro atoms. The fourth-order valence-electron chi connectivity index (χ4n) is 5.91. The highest BCUT2D eigenvalue weighted by Gasteiger charge is 2.23. The fourth-order valence-corrected chi connectivity index (χ4v) is 6.27. The molecular formula is C44H79O10P. The second kappa shape index (κ2) is 37.5. The molecule has 0 heterocycles. The maximum atomic E-state index is 12.4. The predicted octanol–water partition coefficient (Wildman–Crippen LogP) is 10.9. The van der Waals surface area contributed by atoms with Gasteiger partial charge in [-0.05, 0) is 57.3 Å². The summed E-state index contributed by atoms with van der Waals surface area (Å²) in [6.45, 7) is 5.70. The number of ether oxygens (including phenoxy) is 2. The number of unbranched alkanes of at least 4 members (excludes halogenated alkanes) is 13. The normalized spacial score (nSPS) is 14.7. The number of rotatable bonds is 38. The Morgan fingerprint density at radius 3 is 1.56 bits per heavy atom. The predicted molar refractivity (Wildman–Crippen MR) is 223 cm³/mol. The molecular weight excluding hydrogens is 719 g/mol. The van der Waals surface area contributed by atoms with E-state index in [1.165, 1.54) is 77.0 Å². The molecule has 0 aliphatic heterocycles. The highest BCUT2D eigenvalue weighted by molar-refractivity contribution is 7.46. The van der Waals surface area contributed by atoms with Crippen LogP contribution in [0.3, 0.4) is 0 Å². The van der Waals surface area contributed by atoms with E-state index < -0.39 is 44.7 Å². The molecule has 0 saturated heterocycles. The smallest absolute Gasteiger partial charge is 0.462 e. The minimum absolute atomic E-state index is 0.104. The first-order valence-electron chi connectivity index (χ1n) is 21.5. The van der Waals surface area contributed by atoms with Gasteiger partial charge in [0, 0.05) is 12.8 Å². The third-order valence-electron chi connectivity index (χ3n) is 9.60. The highest BCUT2D eigenvalue weighted by Crippen LogP contribution is 2.36. The lowest BCUT2D eigenvalue weighted by Crippen LogP contribution is -2.30. The van der Waals surface area contributed by atoms with E-state index in [0.717, 1.165) is 50.9 Å². The van der Waals surface area contributed by atoms with E-state index in [-0.39, 0.29) is 38.7 Å². The van der Waals surface area contributed by atoms with Crippen LogP contribution in [0.4, 0.5) is 0 Å². The van der Waals surface area contributed by atoms with Crippen molar-refractivity contribution in [3.8, 4) is 0 Å². The number of aliphatic hydroxyl groups excluding tert-OH is 2. The summed E-state index contributed by atoms with van der Waals surface area (Å²) in [6.07, 6.45) is 37.2. The minimum atomic E-state index is -4.84. The average molecular weight is 799 g/mol. The zero-order chi connectivity index (χ0) is 40.8. The topological polar surface area (TPSA) is 160 Å². The number of aliphatic hydroxyl groups is 2. The molecule has 0 amide bonds. The number of allylic oxidation sites excluding steroid dienone is 7. The summed E-state index contributed by atoms with van der Waals surface area (Å²) in [6, 6.07) is 0. The van der Waals surface area contributed by atoms with Crippen molar-refractivity contribution >= 4 is 19.8 Å². The van der Waals surface area contributed by atoms with Crippen molar-refractivity contribution < 1.29 is 48.2 Å². The number of carbonyl (C=O) groups excluding carboxylic acids is 2. The molecule has 55 heavy (non-hydrogen) atoms. The molecule has 0 aliphatic carbocycles. The summed E-state index contributed by atoms with van der Waals surface area (Å²) in [5.74, 6) is -0.300. The van der Waals surface area contributed by atoms with E-state index in [0.29, 0.717) is 6.42 Å². The molecule has 11 heteroatoms. The van der Waals surface area contributed by atoms with Crippen molar-refractivity contribution in [2.75, 3.05) is 13.2 Å². The van der Waals surface area contributed by atoms with E-state index in [4.69, 9.17) is 19.3 Å². The van der Waals surface area contributed by atoms with Gasteiger partial charge in [-0.25, -0.2) is 4.57 Å². The van der Waals surface area contributed by atoms with E-state index in [1.54, 1.807) is 0 Å². The summed E-state index contributed by atoms with van der Waals surface area (Å²) in [5, 5.41) is 20.6. The van der Waals surface area contributed by atoms with Gasteiger partial charge in [-0.15, -0.1) is 0 Å². The van der Waals surface area contributed by atoms with Crippen LogP contribution in [0.25, 0.3) is 0 Å². The largest absolute Gasteiger partial charge is 0.469 e. The van der Waals surface area contributed by atoms with Gasteiger partial charge in [0.05, 0.1) is 18.8 Å². The number of phosphoric acid groups is 1. The van der Waals surface area contributed by atoms with E-state index in [9.17, 15) is 24.4 Å². The van der Waals surface area contributed by atoms with Crippen LogP contribution in [0.5, 0.6) is 0 Å². The standard InChI is InChI=1S/C44H79O10P/c1-4-6-7-8-9-10-11-17-20-23-26-29-33-41(45)42(46)34-31-36-44(48)54-40(38-53-55(49,50)51)37-52-43(47)35-30-27-24-21-18-15-13-12-14-16-19-22-25-28-32-39(3)5-2/h6-7,9-10,17,20,26,29,39-42,45-46H,4-5,8,11-16,18-19,21-25,27-28,30-38H2,1-3H3,(H2,49,50,51)/b7-6-,10-9-,20-17-,29-26-/t39?,40-,41-,42-/m1/s1. The number of hydrogen-bond donors (Lipinski definition) is 4. The fraction of sp³-hybridized carbons (Fsp3) is 0.773. The van der Waals surface area contributed by atoms with Crippen LogP contribution in [-0.2, 0) is 28.2 Å². The summed E-state index contributed by atoms with van der Waals surface area (Å²) in [7, 11) is -4.84. The molecule has 0 rings (SSSR count).